The van der Waals surface area contributed by atoms with Crippen molar-refractivity contribution in [3.63, 3.8) is 0 Å². The van der Waals surface area contributed by atoms with Crippen LogP contribution in [0.3, 0.4) is 0 Å². The van der Waals surface area contributed by atoms with Gasteiger partial charge in [-0.3, -0.25) is 5.10 Å². The van der Waals surface area contributed by atoms with E-state index in [0.29, 0.717) is 6.04 Å². The number of nitrogens with zero attached hydrogens (tertiary/aromatic N) is 2. The van der Waals surface area contributed by atoms with E-state index < -0.39 is 0 Å². The number of likely N-dealkylation sites (tertiary alicyclic amines) is 1. The third-order valence-electron chi connectivity index (χ3n) is 3.58. The standard InChI is InChI=1S/C13H17BrN4/c1-18-6-4-10(5-7-18)15-13-11-3-2-9(14)8-12(11)16-17-13/h2-3,8,10H,4-7H2,1H3,(H2,15,16,17). The summed E-state index contributed by atoms with van der Waals surface area (Å²) in [4.78, 5) is 2.37. The molecule has 0 radical (unpaired) electrons. The number of aromatic nitrogens is 2. The Morgan fingerprint density at radius 1 is 1.39 bits per heavy atom. The topological polar surface area (TPSA) is 44.0 Å². The SMILES string of the molecule is CN1CCC(Nc2n[nH]c3cc(Br)ccc23)CC1. The largest absolute Gasteiger partial charge is 0.365 e. The van der Waals surface area contributed by atoms with Gasteiger partial charge in [0, 0.05) is 15.9 Å². The lowest BCUT2D eigenvalue weighted by Crippen LogP contribution is -2.36. The number of nitrogens with one attached hydrogen (secondary N) is 2. The first-order valence-corrected chi connectivity index (χ1v) is 7.10. The van der Waals surface area contributed by atoms with Crippen LogP contribution in [0.5, 0.6) is 0 Å². The van der Waals surface area contributed by atoms with E-state index in [1.165, 1.54) is 12.8 Å². The molecule has 3 rings (SSSR count). The summed E-state index contributed by atoms with van der Waals surface area (Å²) in [6.07, 6.45) is 2.36. The molecular formula is C13H17BrN4. The molecule has 1 aliphatic heterocycles. The van der Waals surface area contributed by atoms with Gasteiger partial charge in [0.1, 0.15) is 0 Å². The molecule has 1 fully saturated rings. The van der Waals surface area contributed by atoms with Crippen molar-refractivity contribution in [2.75, 3.05) is 25.5 Å². The Kier molecular flexibility index (Phi) is 3.26. The molecule has 0 aliphatic carbocycles. The summed E-state index contributed by atoms with van der Waals surface area (Å²) in [5.41, 5.74) is 1.07. The Morgan fingerprint density at radius 2 is 2.17 bits per heavy atom. The van der Waals surface area contributed by atoms with Crippen molar-refractivity contribution < 1.29 is 0 Å². The molecule has 0 bridgehead atoms. The molecule has 5 heteroatoms. The second-order valence-electron chi connectivity index (χ2n) is 4.98. The second kappa shape index (κ2) is 4.90. The monoisotopic (exact) mass is 308 g/mol. The van der Waals surface area contributed by atoms with E-state index in [2.05, 4.69) is 61.6 Å². The van der Waals surface area contributed by atoms with Gasteiger partial charge in [0.15, 0.2) is 5.82 Å². The molecule has 4 nitrogen and oxygen atoms in total. The van der Waals surface area contributed by atoms with Crippen LogP contribution in [0.4, 0.5) is 5.82 Å². The van der Waals surface area contributed by atoms with Gasteiger partial charge in [0.05, 0.1) is 5.52 Å². The second-order valence-corrected chi connectivity index (χ2v) is 5.90. The number of benzene rings is 1. The molecule has 0 amide bonds. The maximum absolute atomic E-state index is 4.38. The summed E-state index contributed by atoms with van der Waals surface area (Å²) < 4.78 is 1.07. The summed E-state index contributed by atoms with van der Waals surface area (Å²) in [6.45, 7) is 2.32. The molecule has 1 saturated heterocycles. The first-order valence-electron chi connectivity index (χ1n) is 6.31. The third-order valence-corrected chi connectivity index (χ3v) is 4.08. The molecular weight excluding hydrogens is 292 g/mol. The van der Waals surface area contributed by atoms with Crippen molar-refractivity contribution >= 4 is 32.7 Å². The van der Waals surface area contributed by atoms with Gasteiger partial charge in [-0.05, 0) is 51.2 Å². The number of piperidine rings is 1. The number of rotatable bonds is 2. The molecule has 0 atom stereocenters. The Morgan fingerprint density at radius 3 is 2.94 bits per heavy atom. The molecule has 2 N–H and O–H groups in total. The van der Waals surface area contributed by atoms with E-state index in [-0.39, 0.29) is 0 Å². The first-order chi connectivity index (χ1) is 8.72. The molecule has 96 valence electrons. The lowest BCUT2D eigenvalue weighted by atomic mass is 10.1. The highest BCUT2D eigenvalue weighted by Gasteiger charge is 2.18. The lowest BCUT2D eigenvalue weighted by molar-refractivity contribution is 0.263. The fourth-order valence-electron chi connectivity index (χ4n) is 2.45. The van der Waals surface area contributed by atoms with Gasteiger partial charge >= 0.3 is 0 Å². The summed E-state index contributed by atoms with van der Waals surface area (Å²) in [5, 5.41) is 12.2. The van der Waals surface area contributed by atoms with Crippen molar-refractivity contribution in [1.82, 2.24) is 15.1 Å². The van der Waals surface area contributed by atoms with Crippen LogP contribution in [0.15, 0.2) is 22.7 Å². The molecule has 18 heavy (non-hydrogen) atoms. The van der Waals surface area contributed by atoms with Crippen LogP contribution in [-0.4, -0.2) is 41.3 Å². The maximum Gasteiger partial charge on any atom is 0.155 e. The van der Waals surface area contributed by atoms with Crippen molar-refractivity contribution in [3.8, 4) is 0 Å². The molecule has 0 spiro atoms. The van der Waals surface area contributed by atoms with Gasteiger partial charge in [-0.15, -0.1) is 0 Å². The molecule has 2 aromatic rings. The number of aromatic amines is 1. The van der Waals surface area contributed by atoms with Crippen LogP contribution in [0.1, 0.15) is 12.8 Å². The zero-order chi connectivity index (χ0) is 12.5. The van der Waals surface area contributed by atoms with Crippen LogP contribution >= 0.6 is 15.9 Å². The summed E-state index contributed by atoms with van der Waals surface area (Å²) in [7, 11) is 2.18. The summed E-state index contributed by atoms with van der Waals surface area (Å²) in [6, 6.07) is 6.75. The Labute approximate surface area is 115 Å². The molecule has 0 saturated carbocycles. The van der Waals surface area contributed by atoms with E-state index in [4.69, 9.17) is 0 Å². The summed E-state index contributed by atoms with van der Waals surface area (Å²) in [5.74, 6) is 0.979. The Hall–Kier alpha value is -1.07. The Balaban J connectivity index is 1.78. The van der Waals surface area contributed by atoms with Gasteiger partial charge in [0.2, 0.25) is 0 Å². The van der Waals surface area contributed by atoms with E-state index >= 15 is 0 Å². The highest BCUT2D eigenvalue weighted by Crippen LogP contribution is 2.25. The number of H-pyrrole nitrogens is 1. The first kappa shape index (κ1) is 12.0. The van der Waals surface area contributed by atoms with E-state index in [1.807, 2.05) is 0 Å². The normalized spacial score (nSPS) is 18.3. The molecule has 1 aromatic carbocycles. The van der Waals surface area contributed by atoms with Crippen molar-refractivity contribution in [2.45, 2.75) is 18.9 Å². The van der Waals surface area contributed by atoms with Crippen LogP contribution in [0.2, 0.25) is 0 Å². The highest BCUT2D eigenvalue weighted by atomic mass is 79.9. The minimum atomic E-state index is 0.538. The van der Waals surface area contributed by atoms with Gasteiger partial charge in [-0.2, -0.15) is 5.10 Å². The van der Waals surface area contributed by atoms with Crippen LogP contribution in [0, 0.1) is 0 Å². The third kappa shape index (κ3) is 2.37. The van der Waals surface area contributed by atoms with Gasteiger partial charge < -0.3 is 10.2 Å². The Bertz CT molecular complexity index is 543. The predicted octanol–water partition coefficient (Wildman–Crippen LogP) is 2.83. The van der Waals surface area contributed by atoms with Crippen molar-refractivity contribution in [1.29, 1.82) is 0 Å². The van der Waals surface area contributed by atoms with Crippen molar-refractivity contribution in [2.24, 2.45) is 0 Å². The maximum atomic E-state index is 4.38. The zero-order valence-electron chi connectivity index (χ0n) is 10.4. The molecule has 0 unspecified atom stereocenters. The number of hydrogen-bond acceptors (Lipinski definition) is 3. The predicted molar refractivity (Wildman–Crippen MR) is 77.9 cm³/mol. The highest BCUT2D eigenvalue weighted by molar-refractivity contribution is 9.10. The number of anilines is 1. The van der Waals surface area contributed by atoms with Gasteiger partial charge in [0.25, 0.3) is 0 Å². The van der Waals surface area contributed by atoms with E-state index in [1.54, 1.807) is 0 Å². The average molecular weight is 309 g/mol. The smallest absolute Gasteiger partial charge is 0.155 e. The summed E-state index contributed by atoms with van der Waals surface area (Å²) >= 11 is 3.47. The molecule has 2 heterocycles. The van der Waals surface area contributed by atoms with Crippen LogP contribution < -0.4 is 5.32 Å². The number of hydrogen-bond donors (Lipinski definition) is 2. The van der Waals surface area contributed by atoms with Gasteiger partial charge in [-0.25, -0.2) is 0 Å². The number of halogens is 1. The minimum Gasteiger partial charge on any atom is -0.365 e. The van der Waals surface area contributed by atoms with Gasteiger partial charge in [-0.1, -0.05) is 15.9 Å². The molecule has 1 aliphatic rings. The van der Waals surface area contributed by atoms with Crippen molar-refractivity contribution in [3.05, 3.63) is 22.7 Å². The zero-order valence-corrected chi connectivity index (χ0v) is 12.0. The molecule has 1 aromatic heterocycles. The fourth-order valence-corrected chi connectivity index (χ4v) is 2.81. The van der Waals surface area contributed by atoms with Crippen LogP contribution in [-0.2, 0) is 0 Å². The number of fused-ring (bicyclic) bond motifs is 1. The fraction of sp³-hybridized carbons (Fsp3) is 0.462. The minimum absolute atomic E-state index is 0.538. The van der Waals surface area contributed by atoms with Crippen LogP contribution in [0.25, 0.3) is 10.9 Å². The van der Waals surface area contributed by atoms with E-state index in [9.17, 15) is 0 Å². The average Bonchev–Trinajstić information content (AvgIpc) is 2.74. The lowest BCUT2D eigenvalue weighted by Gasteiger charge is -2.29. The van der Waals surface area contributed by atoms with E-state index in [0.717, 1.165) is 34.3 Å². The quantitative estimate of drug-likeness (QED) is 0.896.